The number of methoxy groups -OCH3 is 1. The molecule has 4 aliphatic rings. The summed E-state index contributed by atoms with van der Waals surface area (Å²) in [4.78, 5) is 31.5. The average Bonchev–Trinajstić information content (AvgIpc) is 3.62. The highest BCUT2D eigenvalue weighted by atomic mass is 19.4. The van der Waals surface area contributed by atoms with Crippen molar-refractivity contribution in [1.82, 2.24) is 4.90 Å². The topological polar surface area (TPSA) is 59.1 Å². The summed E-state index contributed by atoms with van der Waals surface area (Å²) in [5, 5.41) is 0. The van der Waals surface area contributed by atoms with Crippen LogP contribution in [0.15, 0.2) is 60.7 Å². The third-order valence-electron chi connectivity index (χ3n) is 11.9. The molecule has 0 N–H and O–H groups in total. The molecule has 1 spiro atoms. The molecule has 3 heterocycles. The number of anilines is 1. The van der Waals surface area contributed by atoms with E-state index in [4.69, 9.17) is 9.47 Å². The molecule has 0 unspecified atom stereocenters. The molecule has 0 aromatic heterocycles. The number of amides is 1. The number of carbonyl (C=O) groups excluding carboxylic acids is 2. The fourth-order valence-electron chi connectivity index (χ4n) is 9.51. The summed E-state index contributed by atoms with van der Waals surface area (Å²) in [7, 11) is 1.13. The van der Waals surface area contributed by atoms with Crippen molar-refractivity contribution in [3.8, 4) is 0 Å². The molecule has 1 aliphatic carbocycles. The number of nitrogens with zero attached hydrogens (tertiary/aromatic N) is 2. The monoisotopic (exact) mass is 822 g/mol. The van der Waals surface area contributed by atoms with Gasteiger partial charge in [0.25, 0.3) is 0 Å². The molecule has 7 rings (SSSR count). The fraction of sp³-hybridized carbons (Fsp3) is 0.487. The third-order valence-corrected chi connectivity index (χ3v) is 11.9. The fourth-order valence-corrected chi connectivity index (χ4v) is 9.51. The number of alkyl halides is 12. The van der Waals surface area contributed by atoms with Gasteiger partial charge in [-0.05, 0) is 103 Å². The Kier molecular flexibility index (Phi) is 10.2. The molecular weight excluding hydrogens is 788 g/mol. The van der Waals surface area contributed by atoms with Crippen LogP contribution in [0.4, 0.5) is 58.4 Å². The van der Waals surface area contributed by atoms with Crippen LogP contribution in [-0.2, 0) is 62.3 Å². The molecule has 3 aliphatic heterocycles. The van der Waals surface area contributed by atoms with E-state index in [1.807, 2.05) is 0 Å². The maximum absolute atomic E-state index is 14.7. The van der Waals surface area contributed by atoms with Gasteiger partial charge in [-0.2, -0.15) is 52.7 Å². The number of carbonyl (C=O) groups is 2. The Hall–Kier alpha value is -4.32. The Morgan fingerprint density at radius 2 is 1.32 bits per heavy atom. The van der Waals surface area contributed by atoms with Crippen molar-refractivity contribution in [2.24, 2.45) is 17.8 Å². The number of piperidine rings is 1. The molecule has 1 amide bonds. The van der Waals surface area contributed by atoms with Crippen molar-refractivity contribution in [3.05, 3.63) is 99.6 Å². The van der Waals surface area contributed by atoms with E-state index < -0.39 is 113 Å². The van der Waals surface area contributed by atoms with Crippen molar-refractivity contribution >= 4 is 17.6 Å². The second kappa shape index (κ2) is 14.2. The summed E-state index contributed by atoms with van der Waals surface area (Å²) in [6.07, 6.45) is -20.2. The summed E-state index contributed by atoms with van der Waals surface area (Å²) in [5.74, 6) is -2.98. The summed E-state index contributed by atoms with van der Waals surface area (Å²) in [5.41, 5.74) is -7.37. The van der Waals surface area contributed by atoms with Gasteiger partial charge in [0.2, 0.25) is 5.91 Å². The minimum atomic E-state index is -5.11. The third kappa shape index (κ3) is 7.47. The Balaban J connectivity index is 1.19. The SMILES string of the molecule is COC(=O)[C@@H]1[C@H]2C[C@@H]3N(CC[C@@]34C(=O)N(Cc3cc(C(F)(F)F)cc(C(F)(F)F)c3)c3ccccc34)C[C@@H]2CC[C@@H]1OCc1cc(C(F)(F)F)cc(C(F)(F)F)c1. The van der Waals surface area contributed by atoms with Crippen molar-refractivity contribution in [2.45, 2.75) is 81.1 Å². The zero-order valence-electron chi connectivity index (χ0n) is 29.9. The van der Waals surface area contributed by atoms with Gasteiger partial charge in [0, 0.05) is 18.3 Å². The molecule has 3 fully saturated rings. The van der Waals surface area contributed by atoms with Crippen molar-refractivity contribution < 1.29 is 71.7 Å². The van der Waals surface area contributed by atoms with Gasteiger partial charge < -0.3 is 14.4 Å². The van der Waals surface area contributed by atoms with Crippen LogP contribution < -0.4 is 4.90 Å². The van der Waals surface area contributed by atoms with Crippen LogP contribution in [0.1, 0.15) is 64.6 Å². The lowest BCUT2D eigenvalue weighted by Gasteiger charge is -2.50. The predicted octanol–water partition coefficient (Wildman–Crippen LogP) is 9.43. The number of hydrogen-bond acceptors (Lipinski definition) is 5. The predicted molar refractivity (Wildman–Crippen MR) is 177 cm³/mol. The van der Waals surface area contributed by atoms with E-state index in [1.165, 1.54) is 4.90 Å². The largest absolute Gasteiger partial charge is 0.469 e. The Morgan fingerprint density at radius 3 is 1.86 bits per heavy atom. The molecule has 3 aromatic carbocycles. The second-order valence-corrected chi connectivity index (χ2v) is 15.1. The summed E-state index contributed by atoms with van der Waals surface area (Å²) in [6.45, 7) is -0.481. The normalized spacial score (nSPS) is 26.7. The van der Waals surface area contributed by atoms with E-state index in [1.54, 1.807) is 24.3 Å². The zero-order valence-corrected chi connectivity index (χ0v) is 29.9. The molecule has 1 saturated carbocycles. The average molecular weight is 823 g/mol. The standard InChI is InChI=1S/C39H34F12N2O4/c1-56-33(54)32-27-16-31-35(28-4-2-3-5-29(28)53(34(35)55)17-20-10-23(36(40,41)42)14-24(11-20)37(43,44)45)8-9-52(31)18-22(27)6-7-30(32)57-19-21-12-25(38(46,47)48)15-26(13-21)39(49,50)51/h2-5,10-15,22,27,30-32H,6-9,16-19H2,1H3/t22-,27-,30-,31-,32+,35-/m0/s1. The van der Waals surface area contributed by atoms with Crippen LogP contribution in [0, 0.1) is 17.8 Å². The van der Waals surface area contributed by atoms with E-state index in [0.717, 1.165) is 7.11 Å². The van der Waals surface area contributed by atoms with Crippen LogP contribution in [0.25, 0.3) is 0 Å². The number of rotatable bonds is 6. The second-order valence-electron chi connectivity index (χ2n) is 15.1. The highest BCUT2D eigenvalue weighted by molar-refractivity contribution is 6.09. The van der Waals surface area contributed by atoms with Crippen LogP contribution in [0.5, 0.6) is 0 Å². The Bertz CT molecular complexity index is 1980. The van der Waals surface area contributed by atoms with Gasteiger partial charge in [-0.25, -0.2) is 0 Å². The Labute approximate surface area is 317 Å². The summed E-state index contributed by atoms with van der Waals surface area (Å²) >= 11 is 0. The molecule has 6 atom stereocenters. The lowest BCUT2D eigenvalue weighted by molar-refractivity contribution is -0.165. The first-order valence-corrected chi connectivity index (χ1v) is 17.9. The molecule has 6 nitrogen and oxygen atoms in total. The van der Waals surface area contributed by atoms with Gasteiger partial charge >= 0.3 is 30.7 Å². The van der Waals surface area contributed by atoms with Crippen molar-refractivity contribution in [2.75, 3.05) is 25.1 Å². The maximum atomic E-state index is 14.7. The number of fused-ring (bicyclic) bond motifs is 5. The number of halogens is 12. The van der Waals surface area contributed by atoms with Crippen LogP contribution in [-0.4, -0.2) is 49.1 Å². The van der Waals surface area contributed by atoms with Gasteiger partial charge in [0.1, 0.15) is 0 Å². The summed E-state index contributed by atoms with van der Waals surface area (Å²) in [6, 6.07) is 8.16. The molecule has 308 valence electrons. The molecule has 2 saturated heterocycles. The molecule has 18 heteroatoms. The minimum Gasteiger partial charge on any atom is -0.469 e. The number of para-hydroxylation sites is 1. The highest BCUT2D eigenvalue weighted by Gasteiger charge is 2.63. The number of ether oxygens (including phenoxy) is 2. The molecule has 0 bridgehead atoms. The zero-order chi connectivity index (χ0) is 41.5. The smallest absolute Gasteiger partial charge is 0.416 e. The van der Waals surface area contributed by atoms with E-state index in [0.29, 0.717) is 55.0 Å². The number of benzene rings is 3. The molecular formula is C39H34F12N2O4. The van der Waals surface area contributed by atoms with Gasteiger partial charge in [0.05, 0.1) is 60.0 Å². The van der Waals surface area contributed by atoms with Crippen LogP contribution >= 0.6 is 0 Å². The number of esters is 1. The maximum Gasteiger partial charge on any atom is 0.416 e. The molecule has 57 heavy (non-hydrogen) atoms. The first kappa shape index (κ1) is 40.9. The highest BCUT2D eigenvalue weighted by Crippen LogP contribution is 2.57. The first-order valence-electron chi connectivity index (χ1n) is 17.9. The number of hydrogen-bond donors (Lipinski definition) is 0. The van der Waals surface area contributed by atoms with Gasteiger partial charge in [-0.1, -0.05) is 18.2 Å². The minimum absolute atomic E-state index is 0.000159. The van der Waals surface area contributed by atoms with E-state index >= 15 is 0 Å². The van der Waals surface area contributed by atoms with Gasteiger partial charge in [-0.15, -0.1) is 0 Å². The van der Waals surface area contributed by atoms with E-state index in [-0.39, 0.29) is 37.3 Å². The van der Waals surface area contributed by atoms with Gasteiger partial charge in [-0.3, -0.25) is 14.5 Å². The van der Waals surface area contributed by atoms with Crippen LogP contribution in [0.2, 0.25) is 0 Å². The molecule has 3 aromatic rings. The summed E-state index contributed by atoms with van der Waals surface area (Å²) < 4.78 is 175. The Morgan fingerprint density at radius 1 is 0.772 bits per heavy atom. The van der Waals surface area contributed by atoms with E-state index in [2.05, 4.69) is 4.90 Å². The van der Waals surface area contributed by atoms with E-state index in [9.17, 15) is 62.3 Å². The van der Waals surface area contributed by atoms with Crippen molar-refractivity contribution in [3.63, 3.8) is 0 Å². The van der Waals surface area contributed by atoms with Gasteiger partial charge in [0.15, 0.2) is 0 Å². The lowest BCUT2D eigenvalue weighted by atomic mass is 9.62. The van der Waals surface area contributed by atoms with Crippen LogP contribution in [0.3, 0.4) is 0 Å². The quantitative estimate of drug-likeness (QED) is 0.183. The first-order chi connectivity index (χ1) is 26.5. The van der Waals surface area contributed by atoms with Crippen molar-refractivity contribution in [1.29, 1.82) is 0 Å². The lowest BCUT2D eigenvalue weighted by Crippen LogP contribution is -2.58. The molecule has 0 radical (unpaired) electrons.